The molecule has 0 atom stereocenters. The molecule has 0 saturated heterocycles. The second-order valence-corrected chi connectivity index (χ2v) is 4.54. The Hall–Kier alpha value is -2.06. The van der Waals surface area contributed by atoms with Crippen LogP contribution in [0.1, 0.15) is 12.5 Å². The molecule has 0 unspecified atom stereocenters. The predicted molar refractivity (Wildman–Crippen MR) is 80.7 cm³/mol. The van der Waals surface area contributed by atoms with Crippen LogP contribution in [-0.4, -0.2) is 39.8 Å². The molecule has 0 bridgehead atoms. The van der Waals surface area contributed by atoms with Crippen molar-refractivity contribution in [3.8, 4) is 11.5 Å². The van der Waals surface area contributed by atoms with Crippen LogP contribution in [0.5, 0.6) is 11.5 Å². The van der Waals surface area contributed by atoms with Crippen LogP contribution in [0.2, 0.25) is 0 Å². The van der Waals surface area contributed by atoms with Crippen molar-refractivity contribution in [2.24, 2.45) is 0 Å². The van der Waals surface area contributed by atoms with Gasteiger partial charge in [-0.25, -0.2) is 4.68 Å². The average molecular weight is 310 g/mol. The molecule has 1 aromatic carbocycles. The highest BCUT2D eigenvalue weighted by Gasteiger charge is 2.06. The molecule has 3 N–H and O–H groups in total. The Morgan fingerprint density at radius 3 is 2.90 bits per heavy atom. The second-order valence-electron chi connectivity index (χ2n) is 4.15. The van der Waals surface area contributed by atoms with Gasteiger partial charge in [0, 0.05) is 0 Å². The number of nitrogens with zero attached hydrogens (tertiary/aromatic N) is 2. The quantitative estimate of drug-likeness (QED) is 0.640. The van der Waals surface area contributed by atoms with Gasteiger partial charge in [-0.3, -0.25) is 5.10 Å². The fourth-order valence-corrected chi connectivity index (χ4v) is 1.91. The van der Waals surface area contributed by atoms with E-state index in [1.54, 1.807) is 11.0 Å². The zero-order valence-corrected chi connectivity index (χ0v) is 12.5. The molecule has 7 nitrogen and oxygen atoms in total. The summed E-state index contributed by atoms with van der Waals surface area (Å²) in [6, 6.07) is 5.64. The van der Waals surface area contributed by atoms with Gasteiger partial charge < -0.3 is 20.0 Å². The normalized spacial score (nSPS) is 10.4. The van der Waals surface area contributed by atoms with Crippen LogP contribution in [0.3, 0.4) is 0 Å². The van der Waals surface area contributed by atoms with E-state index >= 15 is 0 Å². The summed E-state index contributed by atoms with van der Waals surface area (Å²) >= 11 is 5.05. The molecular formula is C13H18N4O3S. The molecule has 8 heteroatoms. The first-order valence-corrected chi connectivity index (χ1v) is 7.00. The number of rotatable bonds is 8. The zero-order valence-electron chi connectivity index (χ0n) is 11.7. The standard InChI is InChI=1S/C13H18N4O3S/c1-2-19-12-7-10(3-4-11(12)20-6-5-18)8-15-17-9-14-16-13(17)21/h3-4,7,9,15,18H,2,5-6,8H2,1H3,(H,16,21). The lowest BCUT2D eigenvalue weighted by Gasteiger charge is -2.13. The molecule has 0 radical (unpaired) electrons. The van der Waals surface area contributed by atoms with E-state index in [2.05, 4.69) is 15.6 Å². The summed E-state index contributed by atoms with van der Waals surface area (Å²) in [4.78, 5) is 0. The van der Waals surface area contributed by atoms with Crippen LogP contribution in [0, 0.1) is 4.77 Å². The van der Waals surface area contributed by atoms with E-state index in [-0.39, 0.29) is 13.2 Å². The molecule has 21 heavy (non-hydrogen) atoms. The number of aromatic amines is 1. The molecule has 1 aromatic heterocycles. The lowest BCUT2D eigenvalue weighted by atomic mass is 10.2. The minimum absolute atomic E-state index is 0.0341. The highest BCUT2D eigenvalue weighted by Crippen LogP contribution is 2.28. The van der Waals surface area contributed by atoms with Crippen LogP contribution >= 0.6 is 12.2 Å². The van der Waals surface area contributed by atoms with Gasteiger partial charge in [-0.2, -0.15) is 5.10 Å². The minimum Gasteiger partial charge on any atom is -0.490 e. The number of aliphatic hydroxyl groups is 1. The molecule has 0 amide bonds. The molecular weight excluding hydrogens is 292 g/mol. The second kappa shape index (κ2) is 7.65. The molecule has 0 saturated carbocycles. The first kappa shape index (κ1) is 15.3. The highest BCUT2D eigenvalue weighted by molar-refractivity contribution is 7.71. The van der Waals surface area contributed by atoms with Crippen molar-refractivity contribution in [1.29, 1.82) is 0 Å². The van der Waals surface area contributed by atoms with Gasteiger partial charge in [0.25, 0.3) is 0 Å². The summed E-state index contributed by atoms with van der Waals surface area (Å²) in [6.07, 6.45) is 1.57. The van der Waals surface area contributed by atoms with E-state index in [4.69, 9.17) is 26.8 Å². The van der Waals surface area contributed by atoms with Gasteiger partial charge >= 0.3 is 0 Å². The number of hydrogen-bond acceptors (Lipinski definition) is 6. The summed E-state index contributed by atoms with van der Waals surface area (Å²) in [5.74, 6) is 1.27. The van der Waals surface area contributed by atoms with Crippen molar-refractivity contribution < 1.29 is 14.6 Å². The molecule has 0 spiro atoms. The van der Waals surface area contributed by atoms with Gasteiger partial charge in [-0.05, 0) is 36.8 Å². The third-order valence-corrected chi connectivity index (χ3v) is 2.95. The van der Waals surface area contributed by atoms with E-state index in [1.165, 1.54) is 0 Å². The monoisotopic (exact) mass is 310 g/mol. The molecule has 2 rings (SSSR count). The van der Waals surface area contributed by atoms with Crippen molar-refractivity contribution in [3.63, 3.8) is 0 Å². The average Bonchev–Trinajstić information content (AvgIpc) is 2.90. The number of ether oxygens (including phenoxy) is 2. The Balaban J connectivity index is 2.07. The fraction of sp³-hybridized carbons (Fsp3) is 0.385. The Bertz CT molecular complexity index is 626. The number of aromatic nitrogens is 3. The minimum atomic E-state index is -0.0341. The Morgan fingerprint density at radius 1 is 1.38 bits per heavy atom. The Kier molecular flexibility index (Phi) is 5.59. The maximum absolute atomic E-state index is 8.82. The highest BCUT2D eigenvalue weighted by atomic mass is 32.1. The topological polar surface area (TPSA) is 84.3 Å². The largest absolute Gasteiger partial charge is 0.490 e. The van der Waals surface area contributed by atoms with E-state index in [9.17, 15) is 0 Å². The molecule has 0 aliphatic carbocycles. The third kappa shape index (κ3) is 4.20. The van der Waals surface area contributed by atoms with E-state index in [0.29, 0.717) is 29.4 Å². The van der Waals surface area contributed by atoms with Gasteiger partial charge in [-0.15, -0.1) is 0 Å². The smallest absolute Gasteiger partial charge is 0.214 e. The van der Waals surface area contributed by atoms with E-state index in [1.807, 2.05) is 25.1 Å². The number of hydrogen-bond donors (Lipinski definition) is 3. The number of aliphatic hydroxyl groups excluding tert-OH is 1. The Morgan fingerprint density at radius 2 is 2.24 bits per heavy atom. The maximum atomic E-state index is 8.82. The van der Waals surface area contributed by atoms with Crippen LogP contribution in [0.4, 0.5) is 0 Å². The summed E-state index contributed by atoms with van der Waals surface area (Å²) < 4.78 is 13.1. The van der Waals surface area contributed by atoms with Gasteiger partial charge in [0.15, 0.2) is 11.5 Å². The first-order valence-electron chi connectivity index (χ1n) is 6.60. The van der Waals surface area contributed by atoms with Gasteiger partial charge in [0.05, 0.1) is 19.8 Å². The predicted octanol–water partition coefficient (Wildman–Crippen LogP) is 1.45. The lowest BCUT2D eigenvalue weighted by Crippen LogP contribution is -2.13. The van der Waals surface area contributed by atoms with Crippen LogP contribution in [-0.2, 0) is 6.54 Å². The van der Waals surface area contributed by atoms with Gasteiger partial charge in [-0.1, -0.05) is 6.07 Å². The molecule has 0 aliphatic heterocycles. The number of H-pyrrole nitrogens is 1. The molecule has 0 aliphatic rings. The van der Waals surface area contributed by atoms with Crippen molar-refractivity contribution in [1.82, 2.24) is 14.9 Å². The van der Waals surface area contributed by atoms with Crippen molar-refractivity contribution >= 4 is 12.2 Å². The van der Waals surface area contributed by atoms with Crippen LogP contribution < -0.4 is 14.9 Å². The van der Waals surface area contributed by atoms with Crippen molar-refractivity contribution in [3.05, 3.63) is 34.9 Å². The lowest BCUT2D eigenvalue weighted by molar-refractivity contribution is 0.194. The van der Waals surface area contributed by atoms with Crippen molar-refractivity contribution in [2.45, 2.75) is 13.5 Å². The molecule has 114 valence electrons. The molecule has 2 aromatic rings. The van der Waals surface area contributed by atoms with Crippen molar-refractivity contribution in [2.75, 3.05) is 25.2 Å². The summed E-state index contributed by atoms with van der Waals surface area (Å²) in [5, 5.41) is 15.3. The van der Waals surface area contributed by atoms with Gasteiger partial charge in [0.1, 0.15) is 12.9 Å². The maximum Gasteiger partial charge on any atom is 0.214 e. The fourth-order valence-electron chi connectivity index (χ4n) is 1.74. The van der Waals surface area contributed by atoms with Crippen LogP contribution in [0.15, 0.2) is 24.5 Å². The summed E-state index contributed by atoms with van der Waals surface area (Å²) in [6.45, 7) is 3.22. The number of nitrogens with one attached hydrogen (secondary N) is 2. The SMILES string of the molecule is CCOc1cc(CNn2cn[nH]c2=S)ccc1OCCO. The number of benzene rings is 1. The van der Waals surface area contributed by atoms with E-state index in [0.717, 1.165) is 5.56 Å². The molecule has 0 fully saturated rings. The first-order chi connectivity index (χ1) is 10.2. The summed E-state index contributed by atoms with van der Waals surface area (Å²) in [5.41, 5.74) is 4.14. The molecule has 1 heterocycles. The Labute approximate surface area is 127 Å². The zero-order chi connectivity index (χ0) is 15.1. The van der Waals surface area contributed by atoms with Gasteiger partial charge in [0.2, 0.25) is 4.77 Å². The van der Waals surface area contributed by atoms with Crippen LogP contribution in [0.25, 0.3) is 0 Å². The van der Waals surface area contributed by atoms with E-state index < -0.39 is 0 Å². The summed E-state index contributed by atoms with van der Waals surface area (Å²) in [7, 11) is 0. The third-order valence-electron chi connectivity index (χ3n) is 2.66.